The molecule has 0 aliphatic heterocycles. The molecule has 2 aromatic carbocycles. The maximum atomic E-state index is 12.2. The van der Waals surface area contributed by atoms with E-state index in [-0.39, 0.29) is 12.3 Å². The van der Waals surface area contributed by atoms with Crippen LogP contribution in [0.15, 0.2) is 59.1 Å². The van der Waals surface area contributed by atoms with Crippen LogP contribution in [0.2, 0.25) is 0 Å². The Morgan fingerprint density at radius 3 is 2.65 bits per heavy atom. The molecule has 23 heavy (non-hydrogen) atoms. The lowest BCUT2D eigenvalue weighted by molar-refractivity contribution is -0.120. The molecule has 118 valence electrons. The van der Waals surface area contributed by atoms with Crippen LogP contribution in [-0.4, -0.2) is 17.6 Å². The summed E-state index contributed by atoms with van der Waals surface area (Å²) in [7, 11) is 0. The summed E-state index contributed by atoms with van der Waals surface area (Å²) in [6, 6.07) is 17.9. The molecule has 0 radical (unpaired) electrons. The van der Waals surface area contributed by atoms with Crippen molar-refractivity contribution in [1.29, 1.82) is 0 Å². The highest BCUT2D eigenvalue weighted by atomic mass is 16.5. The summed E-state index contributed by atoms with van der Waals surface area (Å²) in [5, 5.41) is 7.92. The van der Waals surface area contributed by atoms with Gasteiger partial charge in [-0.1, -0.05) is 54.5 Å². The standard InChI is InChI=1S/C19H20N2O2/c1-2-14(15-8-4-3-5-9-15)13-20-19(22)12-17-16-10-6-7-11-18(16)23-21-17/h3-11,14H,2,12-13H2,1H3,(H,20,22). The zero-order valence-electron chi connectivity index (χ0n) is 13.2. The lowest BCUT2D eigenvalue weighted by Gasteiger charge is -2.16. The highest BCUT2D eigenvalue weighted by Gasteiger charge is 2.14. The molecule has 0 saturated heterocycles. The molecule has 4 heteroatoms. The Morgan fingerprint density at radius 2 is 1.87 bits per heavy atom. The fourth-order valence-electron chi connectivity index (χ4n) is 2.74. The Bertz CT molecular complexity index is 780. The Labute approximate surface area is 135 Å². The van der Waals surface area contributed by atoms with Crippen LogP contribution in [-0.2, 0) is 11.2 Å². The minimum atomic E-state index is -0.0292. The van der Waals surface area contributed by atoms with E-state index in [9.17, 15) is 4.79 Å². The third-order valence-electron chi connectivity index (χ3n) is 4.09. The van der Waals surface area contributed by atoms with E-state index in [0.717, 1.165) is 11.8 Å². The fraction of sp³-hybridized carbons (Fsp3) is 0.263. The number of para-hydroxylation sites is 1. The summed E-state index contributed by atoms with van der Waals surface area (Å²) < 4.78 is 5.24. The second-order valence-corrected chi connectivity index (χ2v) is 5.62. The first-order valence-electron chi connectivity index (χ1n) is 7.93. The van der Waals surface area contributed by atoms with E-state index in [0.29, 0.717) is 23.7 Å². The summed E-state index contributed by atoms with van der Waals surface area (Å²) in [5.41, 5.74) is 2.65. The van der Waals surface area contributed by atoms with Crippen LogP contribution in [0.4, 0.5) is 0 Å². The minimum absolute atomic E-state index is 0.0292. The lowest BCUT2D eigenvalue weighted by Crippen LogP contribution is -2.29. The van der Waals surface area contributed by atoms with E-state index < -0.39 is 0 Å². The number of aromatic nitrogens is 1. The number of hydrogen-bond donors (Lipinski definition) is 1. The molecule has 1 heterocycles. The van der Waals surface area contributed by atoms with Crippen molar-refractivity contribution in [3.8, 4) is 0 Å². The van der Waals surface area contributed by atoms with Gasteiger partial charge in [0.1, 0.15) is 5.69 Å². The largest absolute Gasteiger partial charge is 0.356 e. The molecule has 1 aromatic heterocycles. The van der Waals surface area contributed by atoms with Gasteiger partial charge in [-0.2, -0.15) is 0 Å². The number of nitrogens with zero attached hydrogens (tertiary/aromatic N) is 1. The zero-order valence-corrected chi connectivity index (χ0v) is 13.2. The van der Waals surface area contributed by atoms with E-state index in [1.54, 1.807) is 0 Å². The van der Waals surface area contributed by atoms with E-state index in [1.165, 1.54) is 5.56 Å². The van der Waals surface area contributed by atoms with Gasteiger partial charge >= 0.3 is 0 Å². The maximum Gasteiger partial charge on any atom is 0.226 e. The average Bonchev–Trinajstić information content (AvgIpc) is 2.99. The number of amides is 1. The number of benzene rings is 2. The van der Waals surface area contributed by atoms with Crippen molar-refractivity contribution in [2.45, 2.75) is 25.7 Å². The Kier molecular flexibility index (Phi) is 4.71. The molecular weight excluding hydrogens is 288 g/mol. The Morgan fingerprint density at radius 1 is 1.13 bits per heavy atom. The average molecular weight is 308 g/mol. The van der Waals surface area contributed by atoms with E-state index >= 15 is 0 Å². The number of nitrogens with one attached hydrogen (secondary N) is 1. The predicted molar refractivity (Wildman–Crippen MR) is 90.2 cm³/mol. The number of hydrogen-bond acceptors (Lipinski definition) is 3. The van der Waals surface area contributed by atoms with Gasteiger partial charge in [-0.05, 0) is 24.1 Å². The molecule has 0 bridgehead atoms. The molecule has 0 saturated carbocycles. The molecule has 1 unspecified atom stereocenters. The molecule has 3 rings (SSSR count). The number of carbonyl (C=O) groups is 1. The summed E-state index contributed by atoms with van der Waals surface area (Å²) in [6.07, 6.45) is 1.22. The first-order chi connectivity index (χ1) is 11.3. The van der Waals surface area contributed by atoms with Gasteiger partial charge in [-0.25, -0.2) is 0 Å². The van der Waals surface area contributed by atoms with Gasteiger partial charge < -0.3 is 9.84 Å². The van der Waals surface area contributed by atoms with Crippen LogP contribution >= 0.6 is 0 Å². The molecule has 1 atom stereocenters. The monoisotopic (exact) mass is 308 g/mol. The highest BCUT2D eigenvalue weighted by Crippen LogP contribution is 2.19. The van der Waals surface area contributed by atoms with Crippen molar-refractivity contribution in [3.05, 3.63) is 65.9 Å². The van der Waals surface area contributed by atoms with Gasteiger partial charge in [0, 0.05) is 17.8 Å². The van der Waals surface area contributed by atoms with Gasteiger partial charge in [0.15, 0.2) is 5.58 Å². The molecule has 0 aliphatic rings. The molecule has 0 fully saturated rings. The van der Waals surface area contributed by atoms with Crippen molar-refractivity contribution < 1.29 is 9.32 Å². The minimum Gasteiger partial charge on any atom is -0.356 e. The number of rotatable bonds is 6. The van der Waals surface area contributed by atoms with Gasteiger partial charge in [0.2, 0.25) is 5.91 Å². The molecule has 0 spiro atoms. The third-order valence-corrected chi connectivity index (χ3v) is 4.09. The zero-order chi connectivity index (χ0) is 16.1. The first-order valence-corrected chi connectivity index (χ1v) is 7.93. The maximum absolute atomic E-state index is 12.2. The fourth-order valence-corrected chi connectivity index (χ4v) is 2.74. The van der Waals surface area contributed by atoms with Crippen molar-refractivity contribution in [1.82, 2.24) is 10.5 Å². The van der Waals surface area contributed by atoms with Gasteiger partial charge in [0.25, 0.3) is 0 Å². The summed E-state index contributed by atoms with van der Waals surface area (Å²) in [6.45, 7) is 2.77. The van der Waals surface area contributed by atoms with Crippen LogP contribution in [0.5, 0.6) is 0 Å². The number of fused-ring (bicyclic) bond motifs is 1. The summed E-state index contributed by atoms with van der Waals surface area (Å²) >= 11 is 0. The van der Waals surface area contributed by atoms with Gasteiger partial charge in [0.05, 0.1) is 6.42 Å². The van der Waals surface area contributed by atoms with Crippen molar-refractivity contribution in [2.75, 3.05) is 6.54 Å². The summed E-state index contributed by atoms with van der Waals surface area (Å²) in [5.74, 6) is 0.299. The smallest absolute Gasteiger partial charge is 0.226 e. The van der Waals surface area contributed by atoms with Crippen molar-refractivity contribution in [3.63, 3.8) is 0 Å². The predicted octanol–water partition coefficient (Wildman–Crippen LogP) is 3.68. The topological polar surface area (TPSA) is 55.1 Å². The third kappa shape index (κ3) is 3.59. The molecule has 3 aromatic rings. The first kappa shape index (κ1) is 15.3. The molecule has 4 nitrogen and oxygen atoms in total. The second kappa shape index (κ2) is 7.09. The van der Waals surface area contributed by atoms with Crippen molar-refractivity contribution >= 4 is 16.9 Å². The van der Waals surface area contributed by atoms with Crippen LogP contribution in [0, 0.1) is 0 Å². The van der Waals surface area contributed by atoms with Crippen LogP contribution < -0.4 is 5.32 Å². The van der Waals surface area contributed by atoms with E-state index in [4.69, 9.17) is 4.52 Å². The second-order valence-electron chi connectivity index (χ2n) is 5.62. The highest BCUT2D eigenvalue weighted by molar-refractivity contribution is 5.86. The van der Waals surface area contributed by atoms with Crippen LogP contribution in [0.1, 0.15) is 30.5 Å². The van der Waals surface area contributed by atoms with Crippen LogP contribution in [0.25, 0.3) is 11.0 Å². The molecule has 1 amide bonds. The Balaban J connectivity index is 1.61. The number of carbonyl (C=O) groups excluding carboxylic acids is 1. The quantitative estimate of drug-likeness (QED) is 0.755. The Hall–Kier alpha value is -2.62. The normalized spacial score (nSPS) is 12.2. The van der Waals surface area contributed by atoms with Gasteiger partial charge in [-0.15, -0.1) is 0 Å². The van der Waals surface area contributed by atoms with Crippen molar-refractivity contribution in [2.24, 2.45) is 0 Å². The van der Waals surface area contributed by atoms with Gasteiger partial charge in [-0.3, -0.25) is 4.79 Å². The van der Waals surface area contributed by atoms with E-state index in [2.05, 4.69) is 29.5 Å². The van der Waals surface area contributed by atoms with E-state index in [1.807, 2.05) is 42.5 Å². The van der Waals surface area contributed by atoms with Crippen LogP contribution in [0.3, 0.4) is 0 Å². The molecular formula is C19H20N2O2. The molecule has 0 aliphatic carbocycles. The SMILES string of the molecule is CCC(CNC(=O)Cc1noc2ccccc12)c1ccccc1. The summed E-state index contributed by atoms with van der Waals surface area (Å²) in [4.78, 5) is 12.2. The molecule has 1 N–H and O–H groups in total. The lowest BCUT2D eigenvalue weighted by atomic mass is 9.96.